The highest BCUT2D eigenvalue weighted by Crippen LogP contribution is 2.38. The minimum atomic E-state index is -0.617. The Hall–Kier alpha value is 0.120. The molecular weight excluding hydrogens is 351 g/mol. The summed E-state index contributed by atoms with van der Waals surface area (Å²) in [5.74, 6) is 0. The van der Waals surface area contributed by atoms with Crippen LogP contribution in [0.25, 0.3) is 0 Å². The highest BCUT2D eigenvalue weighted by molar-refractivity contribution is 9.11. The third-order valence-electron chi connectivity index (χ3n) is 1.79. The molecule has 0 amide bonds. The first kappa shape index (κ1) is 13.2. The second-order valence-electron chi connectivity index (χ2n) is 2.64. The Labute approximate surface area is 109 Å². The largest absolute Gasteiger partial charge is 0.396 e. The Morgan fingerprint density at radius 3 is 2.27 bits per heavy atom. The average Bonchev–Trinajstić information content (AvgIpc) is 2.21. The fourth-order valence-electron chi connectivity index (χ4n) is 1.10. The molecule has 0 spiro atoms. The van der Waals surface area contributed by atoms with Crippen LogP contribution in [0.1, 0.15) is 11.9 Å². The van der Waals surface area contributed by atoms with Crippen molar-refractivity contribution in [2.45, 2.75) is 6.29 Å². The Morgan fingerprint density at radius 1 is 1.27 bits per heavy atom. The molecule has 0 aliphatic carbocycles. The first-order valence-electron chi connectivity index (χ1n) is 3.88. The maximum atomic E-state index is 6.05. The maximum absolute atomic E-state index is 6.05. The van der Waals surface area contributed by atoms with Gasteiger partial charge < -0.3 is 15.2 Å². The smallest absolute Gasteiger partial charge is 0.186 e. The zero-order valence-corrected chi connectivity index (χ0v) is 12.0. The predicted octanol–water partition coefficient (Wildman–Crippen LogP) is 3.13. The third kappa shape index (κ3) is 2.62. The summed E-state index contributed by atoms with van der Waals surface area (Å²) in [5.41, 5.74) is 6.78. The van der Waals surface area contributed by atoms with E-state index in [2.05, 4.69) is 36.8 Å². The van der Waals surface area contributed by atoms with E-state index >= 15 is 0 Å². The number of rotatable bonds is 3. The standard InChI is InChI=1S/C8H9Br2ClN2O2/c1-14-8(15-2)3-4(11)6(9)13-7(10)5(3)12/h8H,12H2,1-2H3. The Bertz CT molecular complexity index is 346. The zero-order chi connectivity index (χ0) is 11.6. The van der Waals surface area contributed by atoms with E-state index in [4.69, 9.17) is 26.8 Å². The van der Waals surface area contributed by atoms with Crippen LogP contribution in [0, 0.1) is 0 Å². The summed E-state index contributed by atoms with van der Waals surface area (Å²) in [4.78, 5) is 4.05. The van der Waals surface area contributed by atoms with Gasteiger partial charge in [0.05, 0.1) is 16.3 Å². The van der Waals surface area contributed by atoms with Gasteiger partial charge in [-0.25, -0.2) is 4.98 Å². The van der Waals surface area contributed by atoms with Crippen LogP contribution in [-0.2, 0) is 9.47 Å². The second-order valence-corrected chi connectivity index (χ2v) is 4.52. The molecule has 0 fully saturated rings. The van der Waals surface area contributed by atoms with E-state index in [0.717, 1.165) is 0 Å². The van der Waals surface area contributed by atoms with Gasteiger partial charge in [-0.3, -0.25) is 0 Å². The van der Waals surface area contributed by atoms with Crippen LogP contribution >= 0.6 is 43.5 Å². The van der Waals surface area contributed by atoms with Crippen molar-refractivity contribution in [1.29, 1.82) is 0 Å². The quantitative estimate of drug-likeness (QED) is 0.665. The molecule has 0 atom stereocenters. The zero-order valence-electron chi connectivity index (χ0n) is 8.05. The van der Waals surface area contributed by atoms with Gasteiger partial charge in [-0.05, 0) is 31.9 Å². The Kier molecular flexibility index (Phi) is 4.79. The van der Waals surface area contributed by atoms with Gasteiger partial charge in [0.2, 0.25) is 0 Å². The highest BCUT2D eigenvalue weighted by Gasteiger charge is 2.21. The fraction of sp³-hybridized carbons (Fsp3) is 0.375. The molecule has 0 radical (unpaired) electrons. The molecule has 0 saturated heterocycles. The molecule has 0 saturated carbocycles. The molecule has 7 heteroatoms. The molecule has 15 heavy (non-hydrogen) atoms. The molecule has 2 N–H and O–H groups in total. The van der Waals surface area contributed by atoms with Gasteiger partial charge >= 0.3 is 0 Å². The Morgan fingerprint density at radius 2 is 1.80 bits per heavy atom. The van der Waals surface area contributed by atoms with Crippen LogP contribution in [0.3, 0.4) is 0 Å². The number of pyridine rings is 1. The summed E-state index contributed by atoms with van der Waals surface area (Å²) in [6, 6.07) is 0. The second kappa shape index (κ2) is 5.45. The lowest BCUT2D eigenvalue weighted by atomic mass is 10.2. The SMILES string of the molecule is COC(OC)c1c(N)c(Br)nc(Br)c1Cl. The lowest BCUT2D eigenvalue weighted by Crippen LogP contribution is -2.09. The summed E-state index contributed by atoms with van der Waals surface area (Å²) in [5, 5.41) is 0.379. The third-order valence-corrected chi connectivity index (χ3v) is 3.58. The lowest BCUT2D eigenvalue weighted by Gasteiger charge is -2.18. The van der Waals surface area contributed by atoms with Gasteiger partial charge in [-0.2, -0.15) is 0 Å². The number of hydrogen-bond acceptors (Lipinski definition) is 4. The van der Waals surface area contributed by atoms with Crippen molar-refractivity contribution in [2.24, 2.45) is 0 Å². The Balaban J connectivity index is 3.37. The van der Waals surface area contributed by atoms with Gasteiger partial charge in [-0.1, -0.05) is 11.6 Å². The normalized spacial score (nSPS) is 11.1. The number of methoxy groups -OCH3 is 2. The van der Waals surface area contributed by atoms with Crippen molar-refractivity contribution in [3.8, 4) is 0 Å². The van der Waals surface area contributed by atoms with Crippen molar-refractivity contribution in [2.75, 3.05) is 20.0 Å². The van der Waals surface area contributed by atoms with Crippen LogP contribution in [0.5, 0.6) is 0 Å². The summed E-state index contributed by atoms with van der Waals surface area (Å²) in [7, 11) is 3.01. The monoisotopic (exact) mass is 358 g/mol. The van der Waals surface area contributed by atoms with Gasteiger partial charge in [0.15, 0.2) is 6.29 Å². The fourth-order valence-corrected chi connectivity index (χ4v) is 2.35. The van der Waals surface area contributed by atoms with Crippen LogP contribution in [0.4, 0.5) is 5.69 Å². The number of nitrogens with zero attached hydrogens (tertiary/aromatic N) is 1. The number of nitrogen functional groups attached to an aromatic ring is 1. The number of halogens is 3. The van der Waals surface area contributed by atoms with Crippen LogP contribution in [0.15, 0.2) is 9.21 Å². The number of anilines is 1. The van der Waals surface area contributed by atoms with Crippen molar-refractivity contribution < 1.29 is 9.47 Å². The van der Waals surface area contributed by atoms with E-state index in [9.17, 15) is 0 Å². The van der Waals surface area contributed by atoms with Crippen LogP contribution in [0.2, 0.25) is 5.02 Å². The molecule has 1 aromatic rings. The molecule has 1 heterocycles. The molecule has 1 rings (SSSR count). The van der Waals surface area contributed by atoms with E-state index in [1.54, 1.807) is 0 Å². The van der Waals surface area contributed by atoms with Crippen LogP contribution in [-0.4, -0.2) is 19.2 Å². The topological polar surface area (TPSA) is 57.4 Å². The van der Waals surface area contributed by atoms with E-state index in [-0.39, 0.29) is 0 Å². The lowest BCUT2D eigenvalue weighted by molar-refractivity contribution is -0.105. The molecule has 0 aliphatic heterocycles. The number of aromatic nitrogens is 1. The molecule has 4 nitrogen and oxygen atoms in total. The maximum Gasteiger partial charge on any atom is 0.186 e. The summed E-state index contributed by atoms with van der Waals surface area (Å²) >= 11 is 12.5. The van der Waals surface area contributed by atoms with E-state index in [1.807, 2.05) is 0 Å². The van der Waals surface area contributed by atoms with Crippen molar-refractivity contribution in [3.05, 3.63) is 19.8 Å². The van der Waals surface area contributed by atoms with Crippen LogP contribution < -0.4 is 5.73 Å². The van der Waals surface area contributed by atoms with Crippen molar-refractivity contribution in [1.82, 2.24) is 4.98 Å². The molecule has 0 bridgehead atoms. The minimum Gasteiger partial charge on any atom is -0.396 e. The van der Waals surface area contributed by atoms with Gasteiger partial charge in [0.25, 0.3) is 0 Å². The molecule has 0 unspecified atom stereocenters. The molecule has 0 aromatic carbocycles. The van der Waals surface area contributed by atoms with Gasteiger partial charge in [0, 0.05) is 14.2 Å². The van der Waals surface area contributed by atoms with Crippen molar-refractivity contribution in [3.63, 3.8) is 0 Å². The summed E-state index contributed by atoms with van der Waals surface area (Å²) in [6.07, 6.45) is -0.617. The predicted molar refractivity (Wildman–Crippen MR) is 65.8 cm³/mol. The number of ether oxygens (including phenoxy) is 2. The van der Waals surface area contributed by atoms with Gasteiger partial charge in [-0.15, -0.1) is 0 Å². The molecule has 84 valence electrons. The van der Waals surface area contributed by atoms with E-state index in [0.29, 0.717) is 25.5 Å². The highest BCUT2D eigenvalue weighted by atomic mass is 79.9. The van der Waals surface area contributed by atoms with E-state index < -0.39 is 6.29 Å². The average molecular weight is 360 g/mol. The van der Waals surface area contributed by atoms with Gasteiger partial charge in [0.1, 0.15) is 9.21 Å². The number of hydrogen-bond donors (Lipinski definition) is 1. The summed E-state index contributed by atoms with van der Waals surface area (Å²) < 4.78 is 11.2. The molecule has 1 aromatic heterocycles. The summed E-state index contributed by atoms with van der Waals surface area (Å²) in [6.45, 7) is 0. The first-order chi connectivity index (χ1) is 7.02. The molecular formula is C8H9Br2ClN2O2. The molecule has 0 aliphatic rings. The first-order valence-corrected chi connectivity index (χ1v) is 5.84. The number of nitrogens with two attached hydrogens (primary N) is 1. The van der Waals surface area contributed by atoms with E-state index in [1.165, 1.54) is 14.2 Å². The van der Waals surface area contributed by atoms with Crippen molar-refractivity contribution >= 4 is 49.1 Å². The minimum absolute atomic E-state index is 0.379.